The molecule has 1 amide bonds. The number of rotatable bonds is 1. The standard InChI is InChI=1S/C11H13ClN2O/c1-13-5-6-14(11(15)8-13)10-4-2-3-9(12)7-10/h2-4,7H,5-6,8H2,1H3. The first-order valence-electron chi connectivity index (χ1n) is 4.91. The average Bonchev–Trinajstić information content (AvgIpc) is 2.17. The van der Waals surface area contributed by atoms with Crippen molar-refractivity contribution in [3.05, 3.63) is 29.3 Å². The molecule has 2 rings (SSSR count). The number of hydrogen-bond donors (Lipinski definition) is 0. The van der Waals surface area contributed by atoms with Gasteiger partial charge < -0.3 is 4.90 Å². The van der Waals surface area contributed by atoms with E-state index >= 15 is 0 Å². The van der Waals surface area contributed by atoms with Gasteiger partial charge in [0.15, 0.2) is 0 Å². The first-order chi connectivity index (χ1) is 7.16. The van der Waals surface area contributed by atoms with Gasteiger partial charge in [0.1, 0.15) is 0 Å². The molecule has 0 saturated carbocycles. The van der Waals surface area contributed by atoms with Gasteiger partial charge in [-0.2, -0.15) is 0 Å². The zero-order valence-corrected chi connectivity index (χ0v) is 9.37. The number of anilines is 1. The molecule has 3 nitrogen and oxygen atoms in total. The Balaban J connectivity index is 2.20. The van der Waals surface area contributed by atoms with Crippen LogP contribution in [0.1, 0.15) is 0 Å². The summed E-state index contributed by atoms with van der Waals surface area (Å²) in [5.41, 5.74) is 0.889. The molecule has 0 aliphatic carbocycles. The third kappa shape index (κ3) is 2.30. The van der Waals surface area contributed by atoms with E-state index in [1.165, 1.54) is 0 Å². The summed E-state index contributed by atoms with van der Waals surface area (Å²) in [7, 11) is 1.95. The summed E-state index contributed by atoms with van der Waals surface area (Å²) in [6.45, 7) is 2.11. The fourth-order valence-corrected chi connectivity index (χ4v) is 1.89. The number of nitrogens with zero attached hydrogens (tertiary/aromatic N) is 2. The largest absolute Gasteiger partial charge is 0.310 e. The summed E-state index contributed by atoms with van der Waals surface area (Å²) in [5.74, 6) is 0.131. The fraction of sp³-hybridized carbons (Fsp3) is 0.364. The maximum absolute atomic E-state index is 11.8. The molecular formula is C11H13ClN2O. The van der Waals surface area contributed by atoms with Crippen LogP contribution in [0.15, 0.2) is 24.3 Å². The zero-order valence-electron chi connectivity index (χ0n) is 8.61. The van der Waals surface area contributed by atoms with Gasteiger partial charge >= 0.3 is 0 Å². The van der Waals surface area contributed by atoms with Crippen LogP contribution in [-0.4, -0.2) is 37.5 Å². The highest BCUT2D eigenvalue weighted by atomic mass is 35.5. The molecule has 0 atom stereocenters. The van der Waals surface area contributed by atoms with E-state index < -0.39 is 0 Å². The summed E-state index contributed by atoms with van der Waals surface area (Å²) in [5, 5.41) is 0.666. The molecule has 1 saturated heterocycles. The number of hydrogen-bond acceptors (Lipinski definition) is 2. The summed E-state index contributed by atoms with van der Waals surface area (Å²) >= 11 is 5.89. The Morgan fingerprint density at radius 2 is 2.13 bits per heavy atom. The van der Waals surface area contributed by atoms with Gasteiger partial charge in [0.25, 0.3) is 0 Å². The van der Waals surface area contributed by atoms with Gasteiger partial charge in [-0.15, -0.1) is 0 Å². The Morgan fingerprint density at radius 1 is 1.33 bits per heavy atom. The Hall–Kier alpha value is -1.06. The van der Waals surface area contributed by atoms with E-state index in [4.69, 9.17) is 11.6 Å². The highest BCUT2D eigenvalue weighted by molar-refractivity contribution is 6.30. The third-order valence-corrected chi connectivity index (χ3v) is 2.77. The number of carbonyl (C=O) groups is 1. The van der Waals surface area contributed by atoms with E-state index in [9.17, 15) is 4.79 Å². The Kier molecular flexibility index (Phi) is 2.93. The molecule has 0 unspecified atom stereocenters. The normalized spacial score (nSPS) is 18.3. The van der Waals surface area contributed by atoms with Gasteiger partial charge in [0.05, 0.1) is 6.54 Å². The number of carbonyl (C=O) groups excluding carboxylic acids is 1. The molecular weight excluding hydrogens is 212 g/mol. The fourth-order valence-electron chi connectivity index (χ4n) is 1.71. The number of benzene rings is 1. The minimum atomic E-state index is 0.131. The Labute approximate surface area is 94.2 Å². The number of likely N-dealkylation sites (N-methyl/N-ethyl adjacent to an activating group) is 1. The molecule has 1 aliphatic heterocycles. The van der Waals surface area contributed by atoms with Gasteiger partial charge in [-0.05, 0) is 25.2 Å². The molecule has 1 aromatic carbocycles. The van der Waals surface area contributed by atoms with Crippen LogP contribution < -0.4 is 4.90 Å². The van der Waals surface area contributed by atoms with Crippen molar-refractivity contribution in [3.63, 3.8) is 0 Å². The van der Waals surface area contributed by atoms with Gasteiger partial charge in [-0.1, -0.05) is 17.7 Å². The van der Waals surface area contributed by atoms with Gasteiger partial charge in [0.2, 0.25) is 5.91 Å². The number of amides is 1. The highest BCUT2D eigenvalue weighted by Crippen LogP contribution is 2.20. The monoisotopic (exact) mass is 224 g/mol. The highest BCUT2D eigenvalue weighted by Gasteiger charge is 2.22. The molecule has 1 heterocycles. The summed E-state index contributed by atoms with van der Waals surface area (Å²) in [6.07, 6.45) is 0. The van der Waals surface area contributed by atoms with Crippen LogP contribution in [-0.2, 0) is 4.79 Å². The lowest BCUT2D eigenvalue weighted by Crippen LogP contribution is -2.48. The zero-order chi connectivity index (χ0) is 10.8. The molecule has 4 heteroatoms. The Morgan fingerprint density at radius 3 is 2.80 bits per heavy atom. The lowest BCUT2D eigenvalue weighted by molar-refractivity contribution is -0.120. The molecule has 15 heavy (non-hydrogen) atoms. The van der Waals surface area contributed by atoms with E-state index in [-0.39, 0.29) is 5.91 Å². The van der Waals surface area contributed by atoms with E-state index in [1.54, 1.807) is 4.90 Å². The molecule has 0 bridgehead atoms. The first kappa shape index (κ1) is 10.5. The Bertz CT molecular complexity index is 381. The average molecular weight is 225 g/mol. The van der Waals surface area contributed by atoms with Gasteiger partial charge in [0, 0.05) is 23.8 Å². The minimum Gasteiger partial charge on any atom is -0.310 e. The van der Waals surface area contributed by atoms with Crippen molar-refractivity contribution < 1.29 is 4.79 Å². The van der Waals surface area contributed by atoms with Gasteiger partial charge in [-0.25, -0.2) is 0 Å². The van der Waals surface area contributed by atoms with E-state index in [0.717, 1.165) is 18.8 Å². The maximum atomic E-state index is 11.8. The second-order valence-corrected chi connectivity index (χ2v) is 4.20. The van der Waals surface area contributed by atoms with Crippen molar-refractivity contribution in [2.45, 2.75) is 0 Å². The first-order valence-corrected chi connectivity index (χ1v) is 5.29. The minimum absolute atomic E-state index is 0.131. The van der Waals surface area contributed by atoms with Crippen molar-refractivity contribution in [2.75, 3.05) is 31.6 Å². The van der Waals surface area contributed by atoms with Crippen LogP contribution in [0.4, 0.5) is 5.69 Å². The second-order valence-electron chi connectivity index (χ2n) is 3.76. The molecule has 0 radical (unpaired) electrons. The quantitative estimate of drug-likeness (QED) is 0.724. The molecule has 1 aromatic rings. The summed E-state index contributed by atoms with van der Waals surface area (Å²) < 4.78 is 0. The van der Waals surface area contributed by atoms with Crippen molar-refractivity contribution >= 4 is 23.2 Å². The van der Waals surface area contributed by atoms with Crippen molar-refractivity contribution in [1.82, 2.24) is 4.90 Å². The summed E-state index contributed by atoms with van der Waals surface area (Å²) in [6, 6.07) is 7.41. The van der Waals surface area contributed by atoms with E-state index in [0.29, 0.717) is 11.6 Å². The lowest BCUT2D eigenvalue weighted by Gasteiger charge is -2.32. The summed E-state index contributed by atoms with van der Waals surface area (Å²) in [4.78, 5) is 15.6. The van der Waals surface area contributed by atoms with E-state index in [1.807, 2.05) is 36.2 Å². The smallest absolute Gasteiger partial charge is 0.241 e. The number of piperazine rings is 1. The molecule has 1 fully saturated rings. The van der Waals surface area contributed by atoms with Crippen LogP contribution >= 0.6 is 11.6 Å². The van der Waals surface area contributed by atoms with Crippen LogP contribution in [0.25, 0.3) is 0 Å². The van der Waals surface area contributed by atoms with Crippen LogP contribution in [0, 0.1) is 0 Å². The third-order valence-electron chi connectivity index (χ3n) is 2.53. The predicted molar refractivity (Wildman–Crippen MR) is 61.3 cm³/mol. The van der Waals surface area contributed by atoms with Crippen LogP contribution in [0.2, 0.25) is 5.02 Å². The van der Waals surface area contributed by atoms with Crippen molar-refractivity contribution in [2.24, 2.45) is 0 Å². The topological polar surface area (TPSA) is 23.6 Å². The van der Waals surface area contributed by atoms with Crippen molar-refractivity contribution in [1.29, 1.82) is 0 Å². The molecule has 0 spiro atoms. The predicted octanol–water partition coefficient (Wildman–Crippen LogP) is 1.62. The van der Waals surface area contributed by atoms with Crippen molar-refractivity contribution in [3.8, 4) is 0 Å². The van der Waals surface area contributed by atoms with E-state index in [2.05, 4.69) is 0 Å². The molecule has 0 aromatic heterocycles. The van der Waals surface area contributed by atoms with Crippen LogP contribution in [0.3, 0.4) is 0 Å². The number of halogens is 1. The molecule has 1 aliphatic rings. The second kappa shape index (κ2) is 4.21. The van der Waals surface area contributed by atoms with Gasteiger partial charge in [-0.3, -0.25) is 9.69 Å². The molecule has 0 N–H and O–H groups in total. The lowest BCUT2D eigenvalue weighted by atomic mass is 10.2. The van der Waals surface area contributed by atoms with Crippen LogP contribution in [0.5, 0.6) is 0 Å². The molecule has 80 valence electrons. The SMILES string of the molecule is CN1CCN(c2cccc(Cl)c2)C(=O)C1. The maximum Gasteiger partial charge on any atom is 0.241 e.